The summed E-state index contributed by atoms with van der Waals surface area (Å²) < 4.78 is 5.18. The Kier molecular flexibility index (Phi) is 3.54. The molecule has 0 spiro atoms. The van der Waals surface area contributed by atoms with Crippen molar-refractivity contribution in [2.24, 2.45) is 0 Å². The van der Waals surface area contributed by atoms with E-state index in [1.807, 2.05) is 6.07 Å². The summed E-state index contributed by atoms with van der Waals surface area (Å²) in [6, 6.07) is 3.57. The highest BCUT2D eigenvalue weighted by Gasteiger charge is 2.06. The van der Waals surface area contributed by atoms with Gasteiger partial charge in [-0.25, -0.2) is 0 Å². The number of anilines is 1. The van der Waals surface area contributed by atoms with E-state index < -0.39 is 0 Å². The van der Waals surface area contributed by atoms with E-state index in [4.69, 9.17) is 15.6 Å². The fourth-order valence-electron chi connectivity index (χ4n) is 1.33. The minimum absolute atomic E-state index is 0.0729. The van der Waals surface area contributed by atoms with Gasteiger partial charge in [-0.2, -0.15) is 0 Å². The molecule has 76 valence electrons. The third-order valence-electron chi connectivity index (χ3n) is 2.08. The van der Waals surface area contributed by atoms with Gasteiger partial charge >= 0.3 is 0 Å². The molecule has 0 amide bonds. The van der Waals surface area contributed by atoms with Gasteiger partial charge in [0.2, 0.25) is 0 Å². The van der Waals surface area contributed by atoms with Crippen molar-refractivity contribution < 1.29 is 9.84 Å². The Labute approximate surface area is 83.8 Å². The third kappa shape index (κ3) is 2.06. The van der Waals surface area contributed by atoms with Crippen LogP contribution in [0.1, 0.15) is 11.1 Å². The van der Waals surface area contributed by atoms with Gasteiger partial charge in [-0.05, 0) is 24.1 Å². The molecule has 0 saturated heterocycles. The monoisotopic (exact) mass is 193 g/mol. The first-order valence-corrected chi connectivity index (χ1v) is 4.40. The van der Waals surface area contributed by atoms with E-state index in [9.17, 15) is 0 Å². The Morgan fingerprint density at radius 1 is 1.50 bits per heavy atom. The predicted molar refractivity (Wildman–Crippen MR) is 57.2 cm³/mol. The van der Waals surface area contributed by atoms with Crippen LogP contribution in [0.5, 0.6) is 5.75 Å². The van der Waals surface area contributed by atoms with Crippen molar-refractivity contribution in [1.82, 2.24) is 0 Å². The topological polar surface area (TPSA) is 55.5 Å². The molecule has 0 aromatic heterocycles. The van der Waals surface area contributed by atoms with Crippen LogP contribution in [0.4, 0.5) is 5.69 Å². The zero-order valence-corrected chi connectivity index (χ0v) is 8.29. The van der Waals surface area contributed by atoms with Crippen molar-refractivity contribution in [2.75, 3.05) is 12.8 Å². The van der Waals surface area contributed by atoms with Crippen molar-refractivity contribution >= 4 is 5.69 Å². The lowest BCUT2D eigenvalue weighted by atomic mass is 10.1. The van der Waals surface area contributed by atoms with E-state index in [1.54, 1.807) is 19.3 Å². The number of benzene rings is 1. The van der Waals surface area contributed by atoms with Gasteiger partial charge in [0.1, 0.15) is 5.75 Å². The van der Waals surface area contributed by atoms with Gasteiger partial charge in [0.15, 0.2) is 0 Å². The highest BCUT2D eigenvalue weighted by molar-refractivity contribution is 5.54. The molecular weight excluding hydrogens is 178 g/mol. The molecule has 0 bridgehead atoms. The molecule has 3 nitrogen and oxygen atoms in total. The van der Waals surface area contributed by atoms with Crippen molar-refractivity contribution in [3.63, 3.8) is 0 Å². The van der Waals surface area contributed by atoms with E-state index >= 15 is 0 Å². The van der Waals surface area contributed by atoms with E-state index in [0.717, 1.165) is 11.3 Å². The van der Waals surface area contributed by atoms with Crippen LogP contribution < -0.4 is 10.5 Å². The number of hydrogen-bond donors (Lipinski definition) is 2. The summed E-state index contributed by atoms with van der Waals surface area (Å²) in [6.45, 7) is 3.59. The quantitative estimate of drug-likeness (QED) is 0.562. The highest BCUT2D eigenvalue weighted by Crippen LogP contribution is 2.25. The van der Waals surface area contributed by atoms with Gasteiger partial charge in [-0.15, -0.1) is 6.58 Å². The summed E-state index contributed by atoms with van der Waals surface area (Å²) >= 11 is 0. The van der Waals surface area contributed by atoms with Crippen molar-refractivity contribution in [3.8, 4) is 5.75 Å². The molecule has 3 N–H and O–H groups in total. The zero-order valence-electron chi connectivity index (χ0n) is 8.29. The zero-order chi connectivity index (χ0) is 10.6. The fourth-order valence-corrected chi connectivity index (χ4v) is 1.33. The van der Waals surface area contributed by atoms with E-state index in [1.165, 1.54) is 0 Å². The molecule has 1 rings (SSSR count). The molecule has 0 aliphatic heterocycles. The van der Waals surface area contributed by atoms with Crippen LogP contribution in [0.3, 0.4) is 0 Å². The number of hydrogen-bond acceptors (Lipinski definition) is 3. The largest absolute Gasteiger partial charge is 0.496 e. The molecule has 14 heavy (non-hydrogen) atoms. The molecular formula is C11H15NO2. The number of ether oxygens (including phenoxy) is 1. The number of allylic oxidation sites excluding steroid dienone is 1. The first-order valence-electron chi connectivity index (χ1n) is 4.40. The summed E-state index contributed by atoms with van der Waals surface area (Å²) in [6.07, 6.45) is 2.50. The van der Waals surface area contributed by atoms with Gasteiger partial charge in [0, 0.05) is 11.3 Å². The van der Waals surface area contributed by atoms with Gasteiger partial charge in [-0.1, -0.05) is 6.08 Å². The Bertz CT molecular complexity index is 334. The highest BCUT2D eigenvalue weighted by atomic mass is 16.5. The molecule has 0 fully saturated rings. The molecule has 0 saturated carbocycles. The normalized spacial score (nSPS) is 9.86. The van der Waals surface area contributed by atoms with Crippen LogP contribution in [0, 0.1) is 0 Å². The number of aliphatic hydroxyl groups is 1. The SMILES string of the molecule is C=CCc1cc(N)c(CO)cc1OC. The molecule has 1 aromatic carbocycles. The van der Waals surface area contributed by atoms with Gasteiger partial charge in [-0.3, -0.25) is 0 Å². The van der Waals surface area contributed by atoms with E-state index in [-0.39, 0.29) is 6.61 Å². The van der Waals surface area contributed by atoms with Crippen LogP contribution in [-0.4, -0.2) is 12.2 Å². The van der Waals surface area contributed by atoms with Crippen LogP contribution in [0.2, 0.25) is 0 Å². The Balaban J connectivity index is 3.16. The van der Waals surface area contributed by atoms with Gasteiger partial charge in [0.25, 0.3) is 0 Å². The number of aliphatic hydroxyl groups excluding tert-OH is 1. The maximum atomic E-state index is 9.00. The second kappa shape index (κ2) is 4.67. The summed E-state index contributed by atoms with van der Waals surface area (Å²) in [7, 11) is 1.60. The van der Waals surface area contributed by atoms with Crippen LogP contribution in [0.25, 0.3) is 0 Å². The lowest BCUT2D eigenvalue weighted by molar-refractivity contribution is 0.281. The average Bonchev–Trinajstić information content (AvgIpc) is 2.19. The number of methoxy groups -OCH3 is 1. The van der Waals surface area contributed by atoms with Crippen molar-refractivity contribution in [1.29, 1.82) is 0 Å². The Morgan fingerprint density at radius 3 is 2.71 bits per heavy atom. The molecule has 0 atom stereocenters. The minimum atomic E-state index is -0.0729. The predicted octanol–water partition coefficient (Wildman–Crippen LogP) is 1.50. The van der Waals surface area contributed by atoms with Crippen molar-refractivity contribution in [3.05, 3.63) is 35.9 Å². The molecule has 0 aliphatic rings. The maximum absolute atomic E-state index is 9.00. The van der Waals surface area contributed by atoms with E-state index in [2.05, 4.69) is 6.58 Å². The van der Waals surface area contributed by atoms with Gasteiger partial charge < -0.3 is 15.6 Å². The van der Waals surface area contributed by atoms with Crippen LogP contribution >= 0.6 is 0 Å². The van der Waals surface area contributed by atoms with E-state index in [0.29, 0.717) is 17.7 Å². The number of rotatable bonds is 4. The first-order chi connectivity index (χ1) is 6.72. The lowest BCUT2D eigenvalue weighted by Gasteiger charge is -2.10. The third-order valence-corrected chi connectivity index (χ3v) is 2.08. The Hall–Kier alpha value is -1.48. The molecule has 1 aromatic rings. The number of nitrogen functional groups attached to an aromatic ring is 1. The lowest BCUT2D eigenvalue weighted by Crippen LogP contribution is -1.99. The Morgan fingerprint density at radius 2 is 2.21 bits per heavy atom. The summed E-state index contributed by atoms with van der Waals surface area (Å²) in [5.74, 6) is 0.739. The van der Waals surface area contributed by atoms with Gasteiger partial charge in [0.05, 0.1) is 13.7 Å². The molecule has 0 unspecified atom stereocenters. The molecule has 0 heterocycles. The fraction of sp³-hybridized carbons (Fsp3) is 0.273. The summed E-state index contributed by atoms with van der Waals surface area (Å²) in [5.41, 5.74) is 8.00. The number of nitrogens with two attached hydrogens (primary N) is 1. The standard InChI is InChI=1S/C11H15NO2/c1-3-4-8-5-10(12)9(7-13)6-11(8)14-2/h3,5-6,13H,1,4,7,12H2,2H3. The molecule has 0 radical (unpaired) electrons. The van der Waals surface area contributed by atoms with Crippen LogP contribution in [0.15, 0.2) is 24.8 Å². The summed E-state index contributed by atoms with van der Waals surface area (Å²) in [4.78, 5) is 0. The van der Waals surface area contributed by atoms with Crippen molar-refractivity contribution in [2.45, 2.75) is 13.0 Å². The second-order valence-electron chi connectivity index (χ2n) is 3.01. The smallest absolute Gasteiger partial charge is 0.122 e. The average molecular weight is 193 g/mol. The summed E-state index contributed by atoms with van der Waals surface area (Å²) in [5, 5.41) is 9.00. The first kappa shape index (κ1) is 10.6. The minimum Gasteiger partial charge on any atom is -0.496 e. The molecule has 0 aliphatic carbocycles. The molecule has 3 heteroatoms. The maximum Gasteiger partial charge on any atom is 0.122 e. The second-order valence-corrected chi connectivity index (χ2v) is 3.01. The van der Waals surface area contributed by atoms with Crippen LogP contribution in [-0.2, 0) is 13.0 Å².